The molecule has 0 aromatic carbocycles. The monoisotopic (exact) mass is 221 g/mol. The molecule has 14 heavy (non-hydrogen) atoms. The number of unbranched alkanes of at least 4 members (excludes halogenated alkanes) is 2. The zero-order chi connectivity index (χ0) is 10.4. The number of aliphatic hydroxyl groups is 1. The van der Waals surface area contributed by atoms with Crippen molar-refractivity contribution < 1.29 is 13.5 Å². The third kappa shape index (κ3) is 4.39. The lowest BCUT2D eigenvalue weighted by Gasteiger charge is -2.09. The molecule has 1 heterocycles. The summed E-state index contributed by atoms with van der Waals surface area (Å²) in [5.74, 6) is 0.633. The Labute approximate surface area is 85.6 Å². The predicted molar refractivity (Wildman–Crippen MR) is 56.0 cm³/mol. The van der Waals surface area contributed by atoms with Gasteiger partial charge in [0, 0.05) is 12.6 Å². The Hall–Kier alpha value is -0.130. The quantitative estimate of drug-likeness (QED) is 0.616. The number of nitrogens with one attached hydrogen (secondary N) is 1. The predicted octanol–water partition coefficient (Wildman–Crippen LogP) is -0.0743. The van der Waals surface area contributed by atoms with Crippen molar-refractivity contribution in [2.45, 2.75) is 31.7 Å². The lowest BCUT2D eigenvalue weighted by atomic mass is 10.2. The van der Waals surface area contributed by atoms with Crippen LogP contribution in [0.4, 0.5) is 0 Å². The zero-order valence-corrected chi connectivity index (χ0v) is 9.22. The van der Waals surface area contributed by atoms with Crippen LogP contribution in [-0.2, 0) is 9.84 Å². The molecule has 1 unspecified atom stereocenters. The average molecular weight is 221 g/mol. The fraction of sp³-hybridized carbons (Fsp3) is 1.00. The van der Waals surface area contributed by atoms with Gasteiger partial charge in [0.1, 0.15) is 0 Å². The molecule has 84 valence electrons. The molecular weight excluding hydrogens is 202 g/mol. The van der Waals surface area contributed by atoms with Crippen LogP contribution in [0.15, 0.2) is 0 Å². The molecule has 0 bridgehead atoms. The van der Waals surface area contributed by atoms with E-state index in [1.54, 1.807) is 0 Å². The van der Waals surface area contributed by atoms with Gasteiger partial charge < -0.3 is 10.4 Å². The zero-order valence-electron chi connectivity index (χ0n) is 8.41. The van der Waals surface area contributed by atoms with E-state index in [0.717, 1.165) is 32.2 Å². The molecular formula is C9H19NO3S. The lowest BCUT2D eigenvalue weighted by Crippen LogP contribution is -2.30. The van der Waals surface area contributed by atoms with Crippen molar-refractivity contribution in [3.63, 3.8) is 0 Å². The van der Waals surface area contributed by atoms with Crippen molar-refractivity contribution in [3.05, 3.63) is 0 Å². The summed E-state index contributed by atoms with van der Waals surface area (Å²) >= 11 is 0. The maximum atomic E-state index is 11.1. The number of hydrogen-bond acceptors (Lipinski definition) is 4. The van der Waals surface area contributed by atoms with Crippen molar-refractivity contribution in [2.24, 2.45) is 0 Å². The number of sulfone groups is 1. The molecule has 0 aliphatic carbocycles. The van der Waals surface area contributed by atoms with Crippen LogP contribution in [0.2, 0.25) is 0 Å². The molecule has 1 rings (SSSR count). The Morgan fingerprint density at radius 3 is 2.64 bits per heavy atom. The normalized spacial score (nSPS) is 25.4. The molecule has 0 aromatic rings. The van der Waals surface area contributed by atoms with Gasteiger partial charge in [0.05, 0.1) is 11.5 Å². The Balaban J connectivity index is 2.03. The standard InChI is InChI=1S/C9H19NO3S/c11-6-3-1-2-5-10-9-4-7-14(12,13)8-9/h9-11H,1-8H2. The van der Waals surface area contributed by atoms with Crippen molar-refractivity contribution in [3.8, 4) is 0 Å². The summed E-state index contributed by atoms with van der Waals surface area (Å²) in [6.45, 7) is 1.11. The Morgan fingerprint density at radius 1 is 1.29 bits per heavy atom. The first-order chi connectivity index (χ1) is 6.64. The minimum absolute atomic E-state index is 0.161. The Kier molecular flexibility index (Phi) is 4.84. The van der Waals surface area contributed by atoms with Gasteiger partial charge in [-0.2, -0.15) is 0 Å². The van der Waals surface area contributed by atoms with Crippen molar-refractivity contribution in [2.75, 3.05) is 24.7 Å². The van der Waals surface area contributed by atoms with Crippen LogP contribution in [0.3, 0.4) is 0 Å². The van der Waals surface area contributed by atoms with Crippen molar-refractivity contribution in [1.29, 1.82) is 0 Å². The van der Waals surface area contributed by atoms with Crippen LogP contribution in [0.1, 0.15) is 25.7 Å². The second-order valence-corrected chi connectivity index (χ2v) is 6.07. The smallest absolute Gasteiger partial charge is 0.151 e. The molecule has 5 heteroatoms. The molecule has 1 fully saturated rings. The minimum atomic E-state index is -2.75. The molecule has 1 saturated heterocycles. The third-order valence-corrected chi connectivity index (χ3v) is 4.27. The number of aliphatic hydroxyl groups excluding tert-OH is 1. The van der Waals surface area contributed by atoms with Crippen LogP contribution < -0.4 is 5.32 Å². The molecule has 2 N–H and O–H groups in total. The van der Waals surface area contributed by atoms with Gasteiger partial charge in [0.2, 0.25) is 0 Å². The Morgan fingerprint density at radius 2 is 2.07 bits per heavy atom. The van der Waals surface area contributed by atoms with E-state index in [1.165, 1.54) is 0 Å². The lowest BCUT2D eigenvalue weighted by molar-refractivity contribution is 0.282. The second kappa shape index (κ2) is 5.68. The highest BCUT2D eigenvalue weighted by Gasteiger charge is 2.26. The van der Waals surface area contributed by atoms with Crippen molar-refractivity contribution in [1.82, 2.24) is 5.32 Å². The molecule has 0 aromatic heterocycles. The summed E-state index contributed by atoms with van der Waals surface area (Å²) in [5, 5.41) is 11.8. The summed E-state index contributed by atoms with van der Waals surface area (Å²) in [7, 11) is -2.75. The van der Waals surface area contributed by atoms with E-state index in [2.05, 4.69) is 5.32 Å². The van der Waals surface area contributed by atoms with Gasteiger partial charge in [-0.15, -0.1) is 0 Å². The largest absolute Gasteiger partial charge is 0.396 e. The summed E-state index contributed by atoms with van der Waals surface area (Å²) in [4.78, 5) is 0. The van der Waals surface area contributed by atoms with E-state index in [-0.39, 0.29) is 12.6 Å². The summed E-state index contributed by atoms with van der Waals surface area (Å²) in [5.41, 5.74) is 0. The maximum Gasteiger partial charge on any atom is 0.151 e. The first-order valence-electron chi connectivity index (χ1n) is 5.19. The highest BCUT2D eigenvalue weighted by atomic mass is 32.2. The van der Waals surface area contributed by atoms with Crippen LogP contribution in [0.5, 0.6) is 0 Å². The van der Waals surface area contributed by atoms with E-state index in [1.807, 2.05) is 0 Å². The molecule has 0 saturated carbocycles. The first kappa shape index (κ1) is 11.9. The van der Waals surface area contributed by atoms with E-state index >= 15 is 0 Å². The first-order valence-corrected chi connectivity index (χ1v) is 7.01. The van der Waals surface area contributed by atoms with E-state index < -0.39 is 9.84 Å². The van der Waals surface area contributed by atoms with Gasteiger partial charge in [-0.1, -0.05) is 0 Å². The number of hydrogen-bond donors (Lipinski definition) is 2. The Bertz CT molecular complexity index is 251. The molecule has 0 spiro atoms. The molecule has 0 radical (unpaired) electrons. The van der Waals surface area contributed by atoms with Gasteiger partial charge in [0.25, 0.3) is 0 Å². The molecule has 1 aliphatic rings. The summed E-state index contributed by atoms with van der Waals surface area (Å²) in [6, 6.07) is 0.161. The average Bonchev–Trinajstić information content (AvgIpc) is 2.45. The summed E-state index contributed by atoms with van der Waals surface area (Å²) in [6.07, 6.45) is 3.60. The van der Waals surface area contributed by atoms with Gasteiger partial charge in [0.15, 0.2) is 9.84 Å². The van der Waals surface area contributed by atoms with Crippen LogP contribution in [0.25, 0.3) is 0 Å². The van der Waals surface area contributed by atoms with Gasteiger partial charge in [-0.05, 0) is 32.2 Å². The van der Waals surface area contributed by atoms with Crippen LogP contribution in [-0.4, -0.2) is 44.2 Å². The fourth-order valence-corrected chi connectivity index (χ4v) is 3.38. The highest BCUT2D eigenvalue weighted by Crippen LogP contribution is 2.11. The van der Waals surface area contributed by atoms with Crippen LogP contribution in [0, 0.1) is 0 Å². The maximum absolute atomic E-state index is 11.1. The van der Waals surface area contributed by atoms with E-state index in [4.69, 9.17) is 5.11 Å². The minimum Gasteiger partial charge on any atom is -0.396 e. The molecule has 1 atom stereocenters. The SMILES string of the molecule is O=S1(=O)CCC(NCCCCCO)C1. The van der Waals surface area contributed by atoms with E-state index in [0.29, 0.717) is 11.5 Å². The topological polar surface area (TPSA) is 66.4 Å². The highest BCUT2D eigenvalue weighted by molar-refractivity contribution is 7.91. The number of rotatable bonds is 6. The van der Waals surface area contributed by atoms with Gasteiger partial charge >= 0.3 is 0 Å². The molecule has 1 aliphatic heterocycles. The van der Waals surface area contributed by atoms with E-state index in [9.17, 15) is 8.42 Å². The fourth-order valence-electron chi connectivity index (χ4n) is 1.68. The third-order valence-electron chi connectivity index (χ3n) is 2.50. The molecule has 0 amide bonds. The van der Waals surface area contributed by atoms with Gasteiger partial charge in [-0.3, -0.25) is 0 Å². The molecule has 4 nitrogen and oxygen atoms in total. The van der Waals surface area contributed by atoms with Crippen molar-refractivity contribution >= 4 is 9.84 Å². The summed E-state index contributed by atoms with van der Waals surface area (Å²) < 4.78 is 22.2. The van der Waals surface area contributed by atoms with Crippen LogP contribution >= 0.6 is 0 Å². The van der Waals surface area contributed by atoms with Gasteiger partial charge in [-0.25, -0.2) is 8.42 Å². The second-order valence-electron chi connectivity index (χ2n) is 3.84.